The Kier molecular flexibility index (Phi) is 12.8. The van der Waals surface area contributed by atoms with Crippen LogP contribution in [0.2, 0.25) is 0 Å². The minimum atomic E-state index is -1.59. The molecule has 65 heavy (non-hydrogen) atoms. The molecule has 5 heterocycles. The van der Waals surface area contributed by atoms with E-state index in [1.165, 1.54) is 0 Å². The number of nitrogens with zero attached hydrogens (tertiary/aromatic N) is 2. The Morgan fingerprint density at radius 3 is 2.62 bits per heavy atom. The fraction of sp³-hybridized carbons (Fsp3) is 0.571. The lowest BCUT2D eigenvalue weighted by Gasteiger charge is -2.58. The zero-order chi connectivity index (χ0) is 45.8. The average molecular weight is 929 g/mol. The standard InChI is InChI=1S/C49H60N4O10S2/c1-4-27(8-12-54)45(59)63-47(2)33(25-57)15-32-26-64-65-39-17-31(24-56)43(51-3)35-23-53(44(35)39)41(58)18-30-22-52-40(50)19-34(30)42(32)49(47)21-29-14-28-16-36(46(60)61-37(28)20-38(29)62-49)48(11-13-55)9-6-5-7-10-48/h4,14-16,19-20,22,24,31,33,35,39,42-44,51,54-55,57H,5-13,17-18,21,23,25-26H2,1-3H3,(H2,50,52). The lowest BCUT2D eigenvalue weighted by Crippen LogP contribution is -2.72. The fourth-order valence-corrected chi connectivity index (χ4v) is 15.6. The summed E-state index contributed by atoms with van der Waals surface area (Å²) in [7, 11) is 5.18. The summed E-state index contributed by atoms with van der Waals surface area (Å²) in [4.78, 5) is 61.8. The minimum absolute atomic E-state index is 0.0110. The predicted octanol–water partition coefficient (Wildman–Crippen LogP) is 4.93. The number of rotatable bonds is 10. The van der Waals surface area contributed by atoms with Crippen LogP contribution in [-0.4, -0.2) is 111 Å². The number of benzene rings is 1. The number of pyridine rings is 1. The molecular weight excluding hydrogens is 869 g/mol. The number of hydrogen-bond acceptors (Lipinski definition) is 15. The van der Waals surface area contributed by atoms with Crippen molar-refractivity contribution in [3.8, 4) is 5.75 Å². The number of aliphatic hydroxyl groups excluding tert-OH is 3. The van der Waals surface area contributed by atoms with Gasteiger partial charge in [-0.1, -0.05) is 58.6 Å². The van der Waals surface area contributed by atoms with Crippen molar-refractivity contribution in [1.29, 1.82) is 0 Å². The number of carbonyl (C=O) groups is 3. The number of fused-ring (bicyclic) bond motifs is 6. The highest BCUT2D eigenvalue weighted by Gasteiger charge is 2.67. The molecule has 3 fully saturated rings. The third-order valence-corrected chi connectivity index (χ3v) is 18.7. The van der Waals surface area contributed by atoms with E-state index in [2.05, 4.69) is 10.3 Å². The predicted molar refractivity (Wildman–Crippen MR) is 250 cm³/mol. The first-order chi connectivity index (χ1) is 31.4. The number of esters is 1. The Morgan fingerprint density at radius 2 is 1.91 bits per heavy atom. The molecule has 9 rings (SSSR count). The molecule has 9 atom stereocenters. The van der Waals surface area contributed by atoms with Crippen LogP contribution in [0.1, 0.15) is 93.4 Å². The lowest BCUT2D eigenvalue weighted by atomic mass is 9.58. The van der Waals surface area contributed by atoms with E-state index < -0.39 is 46.7 Å². The zero-order valence-electron chi connectivity index (χ0n) is 37.3. The summed E-state index contributed by atoms with van der Waals surface area (Å²) in [6, 6.07) is 7.28. The van der Waals surface area contributed by atoms with Crippen molar-refractivity contribution < 1.29 is 43.6 Å². The second kappa shape index (κ2) is 18.1. The molecule has 1 amide bonds. The molecule has 16 heteroatoms. The van der Waals surface area contributed by atoms with Crippen LogP contribution >= 0.6 is 21.6 Å². The van der Waals surface area contributed by atoms with Crippen LogP contribution in [0.4, 0.5) is 5.82 Å². The van der Waals surface area contributed by atoms with E-state index >= 15 is 0 Å². The van der Waals surface area contributed by atoms with Gasteiger partial charge in [-0.2, -0.15) is 0 Å². The van der Waals surface area contributed by atoms with Gasteiger partial charge in [-0.3, -0.25) is 4.79 Å². The van der Waals surface area contributed by atoms with Crippen LogP contribution in [0, 0.1) is 17.8 Å². The molecule has 14 nitrogen and oxygen atoms in total. The fourth-order valence-electron chi connectivity index (χ4n) is 12.5. The number of allylic oxidation sites excluding steroid dienone is 1. The van der Waals surface area contributed by atoms with Crippen LogP contribution in [0.15, 0.2) is 63.0 Å². The number of hydrogen-bond donors (Lipinski definition) is 5. The Bertz CT molecular complexity index is 2480. The van der Waals surface area contributed by atoms with Crippen molar-refractivity contribution in [3.63, 3.8) is 0 Å². The number of anilines is 1. The van der Waals surface area contributed by atoms with Gasteiger partial charge in [-0.15, -0.1) is 0 Å². The monoisotopic (exact) mass is 928 g/mol. The van der Waals surface area contributed by atoms with Gasteiger partial charge in [0.2, 0.25) is 5.91 Å². The number of nitrogens with one attached hydrogen (secondary N) is 1. The molecule has 1 saturated heterocycles. The summed E-state index contributed by atoms with van der Waals surface area (Å²) in [5.41, 5.74) is 6.64. The lowest BCUT2D eigenvalue weighted by molar-refractivity contribution is -0.199. The normalized spacial score (nSPS) is 31.8. The molecule has 6 N–H and O–H groups in total. The van der Waals surface area contributed by atoms with Gasteiger partial charge in [0.1, 0.15) is 23.4 Å². The van der Waals surface area contributed by atoms with E-state index in [9.17, 15) is 34.5 Å². The Labute approximate surface area is 386 Å². The van der Waals surface area contributed by atoms with Crippen LogP contribution in [0.25, 0.3) is 11.0 Å². The van der Waals surface area contributed by atoms with E-state index in [-0.39, 0.29) is 78.9 Å². The smallest absolute Gasteiger partial charge is 0.340 e. The SMILES string of the molecule is CC=C(CCO)C(=O)OC1(C)C(CO)C=C2CSSC3CC(C=O)C(NC)C4CN(C(=O)Cc5cnc(N)cc5C2C12Cc1cc5cc(C6(CCO)CCCCC6)c(=O)oc5cc1O2)C34. The minimum Gasteiger partial charge on any atom is -0.481 e. The highest BCUT2D eigenvalue weighted by molar-refractivity contribution is 8.77. The second-order valence-corrected chi connectivity index (χ2v) is 21.7. The van der Waals surface area contributed by atoms with E-state index in [4.69, 9.17) is 19.6 Å². The Hall–Kier alpha value is -4.19. The van der Waals surface area contributed by atoms with Crippen LogP contribution in [-0.2, 0) is 37.4 Å². The van der Waals surface area contributed by atoms with Gasteiger partial charge in [-0.05, 0) is 81.5 Å². The van der Waals surface area contributed by atoms with E-state index in [0.717, 1.165) is 49.5 Å². The first-order valence-corrected chi connectivity index (χ1v) is 25.4. The molecular formula is C49H60N4O10S2. The quantitative estimate of drug-likeness (QED) is 0.0455. The van der Waals surface area contributed by atoms with Crippen LogP contribution in [0.3, 0.4) is 0 Å². The topological polar surface area (TPSA) is 215 Å². The van der Waals surface area contributed by atoms with E-state index in [0.29, 0.717) is 58.5 Å². The number of nitrogen functional groups attached to an aromatic ring is 1. The summed E-state index contributed by atoms with van der Waals surface area (Å²) in [6.07, 6.45) is 12.1. The number of aliphatic hydroxyl groups is 3. The maximum Gasteiger partial charge on any atom is 0.340 e. The van der Waals surface area contributed by atoms with Gasteiger partial charge in [0.25, 0.3) is 0 Å². The molecule has 0 bridgehead atoms. The molecule has 3 aromatic rings. The van der Waals surface area contributed by atoms with Crippen LogP contribution < -0.4 is 21.4 Å². The molecule has 2 aromatic heterocycles. The van der Waals surface area contributed by atoms with E-state index in [1.54, 1.807) is 59.8 Å². The maximum atomic E-state index is 14.6. The van der Waals surface area contributed by atoms with Crippen molar-refractivity contribution >= 4 is 56.5 Å². The van der Waals surface area contributed by atoms with Gasteiger partial charge in [0.05, 0.1) is 25.0 Å². The summed E-state index contributed by atoms with van der Waals surface area (Å²) < 4.78 is 20.2. The average Bonchev–Trinajstić information content (AvgIpc) is 3.65. The first kappa shape index (κ1) is 45.9. The van der Waals surface area contributed by atoms with E-state index in [1.807, 2.05) is 30.2 Å². The van der Waals surface area contributed by atoms with Gasteiger partial charge in [0.15, 0.2) is 11.2 Å². The maximum absolute atomic E-state index is 14.6. The highest BCUT2D eigenvalue weighted by Crippen LogP contribution is 2.60. The molecule has 2 saturated carbocycles. The highest BCUT2D eigenvalue weighted by atomic mass is 33.1. The molecule has 0 radical (unpaired) electrons. The van der Waals surface area contributed by atoms with Crippen molar-refractivity contribution in [1.82, 2.24) is 15.2 Å². The number of amides is 1. The third kappa shape index (κ3) is 7.63. The van der Waals surface area contributed by atoms with Gasteiger partial charge < -0.3 is 50.0 Å². The van der Waals surface area contributed by atoms with Crippen LogP contribution in [0.5, 0.6) is 5.75 Å². The van der Waals surface area contributed by atoms with Gasteiger partial charge >= 0.3 is 11.6 Å². The summed E-state index contributed by atoms with van der Waals surface area (Å²) >= 11 is 0. The number of aldehydes is 1. The third-order valence-electron chi connectivity index (χ3n) is 15.9. The molecule has 1 aromatic carbocycles. The number of nitrogens with two attached hydrogens (primary N) is 1. The van der Waals surface area contributed by atoms with Gasteiger partial charge in [-0.25, -0.2) is 14.6 Å². The molecule has 6 aliphatic rings. The molecule has 3 aliphatic carbocycles. The summed E-state index contributed by atoms with van der Waals surface area (Å²) in [6.45, 7) is 3.28. The molecule has 9 unspecified atom stereocenters. The molecule has 3 aliphatic heterocycles. The molecule has 1 spiro atoms. The van der Waals surface area contributed by atoms with Crippen molar-refractivity contribution in [3.05, 3.63) is 86.4 Å². The van der Waals surface area contributed by atoms with Crippen molar-refractivity contribution in [2.24, 2.45) is 17.8 Å². The number of carbonyl (C=O) groups excluding carboxylic acids is 3. The van der Waals surface area contributed by atoms with Gasteiger partial charge in [0, 0.05) is 102 Å². The van der Waals surface area contributed by atoms with Crippen molar-refractivity contribution in [2.45, 2.75) is 118 Å². The summed E-state index contributed by atoms with van der Waals surface area (Å²) in [5.74, 6) is -1.22. The number of aromatic nitrogens is 1. The summed E-state index contributed by atoms with van der Waals surface area (Å²) in [5, 5.41) is 35.6. The van der Waals surface area contributed by atoms with Crippen molar-refractivity contribution in [2.75, 3.05) is 44.9 Å². The Balaban J connectivity index is 1.22. The first-order valence-electron chi connectivity index (χ1n) is 23.0. The number of ether oxygens (including phenoxy) is 2. The molecule has 348 valence electrons. The zero-order valence-corrected chi connectivity index (χ0v) is 38.9. The largest absolute Gasteiger partial charge is 0.481 e. The second-order valence-electron chi connectivity index (χ2n) is 19.1. The Morgan fingerprint density at radius 1 is 1.11 bits per heavy atom.